The number of rotatable bonds is 18. The first-order valence-corrected chi connectivity index (χ1v) is 28.4. The Morgan fingerprint density at radius 1 is 0.940 bits per heavy atom. The highest BCUT2D eigenvalue weighted by molar-refractivity contribution is 6.23. The van der Waals surface area contributed by atoms with Gasteiger partial charge in [-0.2, -0.15) is 9.49 Å². The maximum Gasteiger partial charge on any atom is 0.328 e. The van der Waals surface area contributed by atoms with E-state index in [4.69, 9.17) is 33.5 Å². The molecule has 8 rings (SSSR count). The summed E-state index contributed by atoms with van der Waals surface area (Å²) < 4.78 is 51.7. The number of piperidine rings is 1. The fourth-order valence-corrected chi connectivity index (χ4v) is 10.8. The number of aromatic nitrogens is 5. The molecule has 1 fully saturated rings. The summed E-state index contributed by atoms with van der Waals surface area (Å²) in [6.07, 6.45) is 11.9. The van der Waals surface area contributed by atoms with Gasteiger partial charge in [-0.3, -0.25) is 39.1 Å². The Hall–Kier alpha value is -7.45. The Morgan fingerprint density at radius 3 is 2.38 bits per heavy atom. The number of aliphatic hydroxyl groups is 1. The van der Waals surface area contributed by atoms with E-state index in [1.807, 2.05) is 45.7 Å². The summed E-state index contributed by atoms with van der Waals surface area (Å²) >= 11 is 0. The molecular weight excluding hydrogens is 1090 g/mol. The van der Waals surface area contributed by atoms with Crippen LogP contribution in [0.5, 0.6) is 23.0 Å². The molecule has 0 spiro atoms. The van der Waals surface area contributed by atoms with Gasteiger partial charge in [0, 0.05) is 81.7 Å². The van der Waals surface area contributed by atoms with Gasteiger partial charge in [0.05, 0.1) is 91.9 Å². The standard InChI is InChI=1S/C59H80FN9O15/c1-32-13-11-14-33(2)56(76)63-48-42(28-62-68-20-16-40(17-21-68)27-61-31-81-26-25-80-24-22-69-29-41(65-66-69)15-12-19-67-30-43(60)57(77)64-58(67)78)51(73)45-46(52(48)74)50(72)38(7)54-47(45)55(75)59(9,84-54)82-23-18-44(79-10)36(5)53(83-39(8)70)37(6)49(71)35(4)34(32)3/h11,13-14,18,23,28-30,32,34-37,40,44,49,53,61,71-74H,12,15-17,19-22,24-27,31H2,1-10H3,(H,63,76)(H,64,77,78)/b13-11+,23-18+,33-14-,62-28+/t32-,34-,35+,36+,37+,44-,49+,53+,59-/m0/s1. The number of hydrazone groups is 1. The van der Waals surface area contributed by atoms with E-state index in [9.17, 15) is 48.8 Å². The van der Waals surface area contributed by atoms with Crippen molar-refractivity contribution in [2.45, 2.75) is 125 Å². The minimum Gasteiger partial charge on any atom is -0.507 e. The number of hydrogen-bond donors (Lipinski definition) is 7. The molecule has 4 aromatic rings. The molecule has 0 saturated carbocycles. The highest BCUT2D eigenvalue weighted by Crippen LogP contribution is 2.55. The monoisotopic (exact) mass is 1170 g/mol. The second kappa shape index (κ2) is 28.4. The molecule has 458 valence electrons. The molecule has 4 aliphatic heterocycles. The van der Waals surface area contributed by atoms with E-state index < -0.39 is 87.9 Å². The molecule has 84 heavy (non-hydrogen) atoms. The second-order valence-electron chi connectivity index (χ2n) is 22.3. The Balaban J connectivity index is 1.01. The number of allylic oxidation sites excluding steroid dienone is 3. The number of carbonyl (C=O) groups excluding carboxylic acids is 3. The van der Waals surface area contributed by atoms with E-state index in [-0.39, 0.29) is 74.7 Å². The maximum atomic E-state index is 14.7. The number of aryl methyl sites for hydroxylation is 2. The van der Waals surface area contributed by atoms with E-state index in [1.54, 1.807) is 35.0 Å². The number of aromatic amines is 1. The average molecular weight is 1170 g/mol. The van der Waals surface area contributed by atoms with Crippen LogP contribution in [0, 0.1) is 48.2 Å². The molecule has 5 bridgehead atoms. The van der Waals surface area contributed by atoms with Gasteiger partial charge < -0.3 is 54.2 Å². The lowest BCUT2D eigenvalue weighted by Gasteiger charge is -2.38. The number of hydrogen-bond acceptors (Lipinski definition) is 20. The van der Waals surface area contributed by atoms with Crippen molar-refractivity contribution in [1.29, 1.82) is 0 Å². The SMILES string of the molecule is CO[C@H]1/C=C/O[C@@]2(C)Oc3c(C)c(O)c4c(O)c(c(/C=N/N5CCC(CNCOCCOCCn6cc(CCCn7cc(F)c(=O)[nH]c7=O)nn6)CC5)c(O)c4c3C2=O)NC(=O)/C(C)=C\C=C\[C@H](C)[C@H](C)[C@@H](C)[C@@H](O)[C@@H](C)[C@H](OC(C)=O)[C@@H]1C. The number of H-pyrrole nitrogens is 1. The molecule has 4 aliphatic rings. The van der Waals surface area contributed by atoms with Crippen molar-refractivity contribution in [2.75, 3.05) is 58.6 Å². The number of phenolic OH excluding ortho intramolecular Hbond substituents is 3. The Labute approximate surface area is 486 Å². The third-order valence-corrected chi connectivity index (χ3v) is 16.4. The normalized spacial score (nSPS) is 26.0. The number of ether oxygens (including phenoxy) is 6. The lowest BCUT2D eigenvalue weighted by Crippen LogP contribution is -2.45. The van der Waals surface area contributed by atoms with Gasteiger partial charge in [-0.25, -0.2) is 9.48 Å². The number of aromatic hydroxyl groups is 3. The quantitative estimate of drug-likeness (QED) is 0.0160. The van der Waals surface area contributed by atoms with Crippen molar-refractivity contribution in [1.82, 2.24) is 34.9 Å². The number of aliphatic hydroxyl groups excluding tert-OH is 1. The van der Waals surface area contributed by atoms with Crippen molar-refractivity contribution in [3.8, 4) is 23.0 Å². The largest absolute Gasteiger partial charge is 0.507 e. The van der Waals surface area contributed by atoms with Crippen LogP contribution in [0.15, 0.2) is 63.2 Å². The average Bonchev–Trinajstić information content (AvgIpc) is 1.49. The zero-order valence-corrected chi connectivity index (χ0v) is 49.3. The van der Waals surface area contributed by atoms with E-state index >= 15 is 0 Å². The first-order valence-electron chi connectivity index (χ1n) is 28.4. The third kappa shape index (κ3) is 14.9. The summed E-state index contributed by atoms with van der Waals surface area (Å²) in [6.45, 7) is 19.0. The summed E-state index contributed by atoms with van der Waals surface area (Å²) in [5.41, 5.74) is -1.37. The van der Waals surface area contributed by atoms with Crippen LogP contribution in [0.3, 0.4) is 0 Å². The number of halogens is 1. The Morgan fingerprint density at radius 2 is 1.67 bits per heavy atom. The number of esters is 1. The molecule has 0 aliphatic carbocycles. The van der Waals surface area contributed by atoms with Gasteiger partial charge in [-0.05, 0) is 69.3 Å². The van der Waals surface area contributed by atoms with Crippen molar-refractivity contribution < 1.29 is 67.6 Å². The molecule has 0 radical (unpaired) electrons. The summed E-state index contributed by atoms with van der Waals surface area (Å²) in [5, 5.41) is 68.3. The van der Waals surface area contributed by atoms with Crippen LogP contribution in [-0.4, -0.2) is 151 Å². The number of benzene rings is 2. The third-order valence-electron chi connectivity index (χ3n) is 16.4. The van der Waals surface area contributed by atoms with Crippen LogP contribution in [0.25, 0.3) is 10.8 Å². The number of nitrogens with zero attached hydrogens (tertiary/aromatic N) is 6. The minimum atomic E-state index is -2.07. The molecule has 0 unspecified atom stereocenters. The number of ketones is 1. The van der Waals surface area contributed by atoms with Crippen LogP contribution >= 0.6 is 0 Å². The lowest BCUT2D eigenvalue weighted by molar-refractivity contribution is -0.159. The van der Waals surface area contributed by atoms with Gasteiger partial charge in [-0.15, -0.1) is 5.10 Å². The first kappa shape index (κ1) is 64.1. The van der Waals surface area contributed by atoms with Crippen molar-refractivity contribution in [3.05, 3.63) is 97.6 Å². The smallest absolute Gasteiger partial charge is 0.328 e. The molecule has 25 heteroatoms. The van der Waals surface area contributed by atoms with Crippen LogP contribution in [-0.2, 0) is 52.8 Å². The first-order chi connectivity index (χ1) is 40.0. The zero-order chi connectivity index (χ0) is 61.2. The van der Waals surface area contributed by atoms with Gasteiger partial charge in [0.15, 0.2) is 5.75 Å². The van der Waals surface area contributed by atoms with Gasteiger partial charge in [0.2, 0.25) is 5.82 Å². The number of anilines is 1. The topological polar surface area (TPSA) is 313 Å². The van der Waals surface area contributed by atoms with Crippen LogP contribution in [0.1, 0.15) is 102 Å². The zero-order valence-electron chi connectivity index (χ0n) is 49.3. The fraction of sp³-hybridized carbons (Fsp3) is 0.559. The predicted molar refractivity (Wildman–Crippen MR) is 308 cm³/mol. The number of amides is 1. The second-order valence-corrected chi connectivity index (χ2v) is 22.3. The molecule has 9 atom stereocenters. The van der Waals surface area contributed by atoms with Crippen molar-refractivity contribution >= 4 is 40.3 Å². The number of phenols is 3. The van der Waals surface area contributed by atoms with Crippen molar-refractivity contribution in [2.24, 2.45) is 40.6 Å². The Kier molecular flexibility index (Phi) is 21.7. The lowest BCUT2D eigenvalue weighted by atomic mass is 9.75. The molecule has 2 aromatic carbocycles. The number of methoxy groups -OCH3 is 1. The summed E-state index contributed by atoms with van der Waals surface area (Å²) in [6, 6.07) is 0. The summed E-state index contributed by atoms with van der Waals surface area (Å²) in [5.74, 6) is -8.18. The van der Waals surface area contributed by atoms with Crippen LogP contribution in [0.4, 0.5) is 10.1 Å². The Bertz CT molecular complexity index is 3260. The van der Waals surface area contributed by atoms with Gasteiger partial charge >= 0.3 is 17.4 Å². The predicted octanol–water partition coefficient (Wildman–Crippen LogP) is 5.57. The fourth-order valence-electron chi connectivity index (χ4n) is 10.8. The van der Waals surface area contributed by atoms with Gasteiger partial charge in [0.1, 0.15) is 23.4 Å². The van der Waals surface area contributed by atoms with Crippen LogP contribution < -0.4 is 26.6 Å². The molecule has 2 aromatic heterocycles. The van der Waals surface area contributed by atoms with Crippen molar-refractivity contribution in [3.63, 3.8) is 0 Å². The van der Waals surface area contributed by atoms with Gasteiger partial charge in [0.25, 0.3) is 17.2 Å². The van der Waals surface area contributed by atoms with Crippen LogP contribution in [0.2, 0.25) is 0 Å². The molecular formula is C59H80FN9O15. The number of Topliss-reactive ketones (excluding diaryl/α,β-unsaturated/α-hetero) is 1. The van der Waals surface area contributed by atoms with Gasteiger partial charge in [-0.1, -0.05) is 58.1 Å². The molecule has 7 N–H and O–H groups in total. The number of fused-ring (bicyclic) bond motifs is 14. The molecule has 1 amide bonds. The molecule has 6 heterocycles. The van der Waals surface area contributed by atoms with E-state index in [0.717, 1.165) is 23.6 Å². The number of carbonyl (C=O) groups is 3. The van der Waals surface area contributed by atoms with E-state index in [0.29, 0.717) is 71.3 Å². The minimum absolute atomic E-state index is 0.0452. The molecule has 24 nitrogen and oxygen atoms in total. The highest BCUT2D eigenvalue weighted by atomic mass is 19.1. The van der Waals surface area contributed by atoms with E-state index in [1.165, 1.54) is 46.4 Å². The molecule has 1 saturated heterocycles. The summed E-state index contributed by atoms with van der Waals surface area (Å²) in [7, 11) is 1.47. The summed E-state index contributed by atoms with van der Waals surface area (Å²) in [4.78, 5) is 66.3. The number of nitrogens with one attached hydrogen (secondary N) is 3. The maximum absolute atomic E-state index is 14.7. The highest BCUT2D eigenvalue weighted by Gasteiger charge is 2.50. The van der Waals surface area contributed by atoms with E-state index in [2.05, 4.69) is 20.9 Å².